The van der Waals surface area contributed by atoms with Gasteiger partial charge in [-0.05, 0) is 6.42 Å². The first-order valence-corrected chi connectivity index (χ1v) is 3.22. The molecule has 0 saturated carbocycles. The third-order valence-electron chi connectivity index (χ3n) is 1.14. The molecule has 0 aliphatic carbocycles. The first-order chi connectivity index (χ1) is 3.93. The molecular weight excluding hydrogens is 128 g/mol. The zero-order valence-electron chi connectivity index (χ0n) is 4.60. The lowest BCUT2D eigenvalue weighted by Crippen LogP contribution is -2.24. The minimum absolute atomic E-state index is 0.227. The normalized spacial score (nSPS) is 30.4. The van der Waals surface area contributed by atoms with E-state index in [1.54, 1.807) is 0 Å². The van der Waals surface area contributed by atoms with Crippen LogP contribution >= 0.6 is 11.6 Å². The zero-order chi connectivity index (χ0) is 5.82. The Morgan fingerprint density at radius 2 is 2.50 bits per heavy atom. The molecule has 8 heavy (non-hydrogen) atoms. The molecule has 0 unspecified atom stereocenters. The van der Waals surface area contributed by atoms with Crippen molar-refractivity contribution < 1.29 is 9.47 Å². The van der Waals surface area contributed by atoms with Crippen LogP contribution in [-0.2, 0) is 9.47 Å². The molecule has 0 radical (unpaired) electrons. The van der Waals surface area contributed by atoms with Crippen molar-refractivity contribution >= 4 is 11.6 Å². The monoisotopic (exact) mass is 136 g/mol. The summed E-state index contributed by atoms with van der Waals surface area (Å²) in [6.45, 7) is 1.20. The quantitative estimate of drug-likeness (QED) is 0.501. The van der Waals surface area contributed by atoms with E-state index in [0.29, 0.717) is 12.7 Å². The van der Waals surface area contributed by atoms with Crippen LogP contribution in [0.2, 0.25) is 0 Å². The molecule has 1 aliphatic heterocycles. The fraction of sp³-hybridized carbons (Fsp3) is 1.00. The van der Waals surface area contributed by atoms with E-state index in [2.05, 4.69) is 0 Å². The molecule has 3 heteroatoms. The van der Waals surface area contributed by atoms with Gasteiger partial charge in [-0.3, -0.25) is 0 Å². The summed E-state index contributed by atoms with van der Waals surface area (Å²) in [6.07, 6.45) is 1.16. The summed E-state index contributed by atoms with van der Waals surface area (Å²) in [6, 6.07) is 0. The van der Waals surface area contributed by atoms with Crippen LogP contribution < -0.4 is 0 Å². The Balaban J connectivity index is 2.13. The largest absolute Gasteiger partial charge is 0.355 e. The van der Waals surface area contributed by atoms with Crippen LogP contribution in [0.5, 0.6) is 0 Å². The Bertz CT molecular complexity index is 61.4. The second-order valence-corrected chi connectivity index (χ2v) is 2.07. The Morgan fingerprint density at radius 1 is 1.62 bits per heavy atom. The molecule has 1 heterocycles. The molecule has 1 fully saturated rings. The maximum Gasteiger partial charge on any atom is 0.147 e. The van der Waals surface area contributed by atoms with Crippen LogP contribution in [0.1, 0.15) is 6.42 Å². The third-order valence-corrected chi connectivity index (χ3v) is 1.49. The van der Waals surface area contributed by atoms with Crippen molar-refractivity contribution in [2.45, 2.75) is 12.5 Å². The SMILES string of the molecule is ClC[C@H]1CCOCO1. The van der Waals surface area contributed by atoms with E-state index < -0.39 is 0 Å². The highest BCUT2D eigenvalue weighted by atomic mass is 35.5. The van der Waals surface area contributed by atoms with Crippen LogP contribution in [0.4, 0.5) is 0 Å². The van der Waals surface area contributed by atoms with Gasteiger partial charge in [-0.1, -0.05) is 0 Å². The Hall–Kier alpha value is 0.210. The average Bonchev–Trinajstić information content (AvgIpc) is 1.90. The third kappa shape index (κ3) is 1.62. The van der Waals surface area contributed by atoms with Crippen LogP contribution in [0, 0.1) is 0 Å². The first-order valence-electron chi connectivity index (χ1n) is 2.69. The number of hydrogen-bond acceptors (Lipinski definition) is 2. The van der Waals surface area contributed by atoms with Gasteiger partial charge in [0.05, 0.1) is 12.7 Å². The maximum absolute atomic E-state index is 5.50. The molecule has 2 nitrogen and oxygen atoms in total. The Morgan fingerprint density at radius 3 is 2.88 bits per heavy atom. The summed E-state index contributed by atoms with van der Waals surface area (Å²) in [7, 11) is 0. The molecule has 0 aromatic carbocycles. The molecule has 0 amide bonds. The second kappa shape index (κ2) is 3.28. The second-order valence-electron chi connectivity index (χ2n) is 1.76. The highest BCUT2D eigenvalue weighted by Gasteiger charge is 2.11. The topological polar surface area (TPSA) is 18.5 Å². The molecule has 0 aromatic rings. The Labute approximate surface area is 53.7 Å². The van der Waals surface area contributed by atoms with Gasteiger partial charge < -0.3 is 9.47 Å². The standard InChI is InChI=1S/C5H9ClO2/c6-3-5-1-2-7-4-8-5/h5H,1-4H2/t5-/m1/s1. The molecular formula is C5H9ClO2. The minimum atomic E-state index is 0.227. The average molecular weight is 137 g/mol. The summed E-state index contributed by atoms with van der Waals surface area (Å²) in [5.41, 5.74) is 0. The maximum atomic E-state index is 5.50. The van der Waals surface area contributed by atoms with Crippen molar-refractivity contribution in [1.82, 2.24) is 0 Å². The van der Waals surface area contributed by atoms with Gasteiger partial charge in [0, 0.05) is 5.88 Å². The van der Waals surface area contributed by atoms with E-state index in [4.69, 9.17) is 21.1 Å². The smallest absolute Gasteiger partial charge is 0.147 e. The van der Waals surface area contributed by atoms with E-state index in [-0.39, 0.29) is 6.10 Å². The summed E-state index contributed by atoms with van der Waals surface area (Å²) in [4.78, 5) is 0. The van der Waals surface area contributed by atoms with Gasteiger partial charge in [-0.25, -0.2) is 0 Å². The summed E-state index contributed by atoms with van der Waals surface area (Å²) >= 11 is 5.50. The van der Waals surface area contributed by atoms with Gasteiger partial charge in [0.25, 0.3) is 0 Å². The predicted molar refractivity (Wildman–Crippen MR) is 31.0 cm³/mol. The van der Waals surface area contributed by atoms with E-state index in [9.17, 15) is 0 Å². The summed E-state index contributed by atoms with van der Waals surface area (Å²) in [5, 5.41) is 0. The van der Waals surface area contributed by atoms with Crippen LogP contribution in [0.15, 0.2) is 0 Å². The number of rotatable bonds is 1. The molecule has 0 bridgehead atoms. The van der Waals surface area contributed by atoms with Gasteiger partial charge in [0.2, 0.25) is 0 Å². The summed E-state index contributed by atoms with van der Waals surface area (Å²) in [5.74, 6) is 0.587. The van der Waals surface area contributed by atoms with E-state index in [1.807, 2.05) is 0 Å². The fourth-order valence-corrected chi connectivity index (χ4v) is 0.866. The minimum Gasteiger partial charge on any atom is -0.355 e. The number of alkyl halides is 1. The van der Waals surface area contributed by atoms with Gasteiger partial charge in [-0.15, -0.1) is 11.6 Å². The fourth-order valence-electron chi connectivity index (χ4n) is 0.623. The van der Waals surface area contributed by atoms with Gasteiger partial charge >= 0.3 is 0 Å². The van der Waals surface area contributed by atoms with Crippen molar-refractivity contribution in [3.63, 3.8) is 0 Å². The lowest BCUT2D eigenvalue weighted by atomic mass is 10.3. The molecule has 1 saturated heterocycles. The molecule has 1 rings (SSSR count). The molecule has 1 aliphatic rings. The van der Waals surface area contributed by atoms with E-state index >= 15 is 0 Å². The molecule has 0 aromatic heterocycles. The van der Waals surface area contributed by atoms with E-state index in [1.165, 1.54) is 0 Å². The number of hydrogen-bond donors (Lipinski definition) is 0. The number of ether oxygens (including phenoxy) is 2. The Kier molecular flexibility index (Phi) is 2.59. The van der Waals surface area contributed by atoms with E-state index in [0.717, 1.165) is 13.0 Å². The van der Waals surface area contributed by atoms with Gasteiger partial charge in [-0.2, -0.15) is 0 Å². The van der Waals surface area contributed by atoms with Crippen molar-refractivity contribution in [3.05, 3.63) is 0 Å². The van der Waals surface area contributed by atoms with Gasteiger partial charge in [0.1, 0.15) is 6.79 Å². The van der Waals surface area contributed by atoms with Crippen molar-refractivity contribution in [2.75, 3.05) is 19.3 Å². The summed E-state index contributed by atoms with van der Waals surface area (Å²) < 4.78 is 9.99. The number of halogens is 1. The first kappa shape index (κ1) is 6.33. The molecule has 0 spiro atoms. The van der Waals surface area contributed by atoms with Crippen LogP contribution in [0.25, 0.3) is 0 Å². The lowest BCUT2D eigenvalue weighted by Gasteiger charge is -2.19. The van der Waals surface area contributed by atoms with Crippen LogP contribution in [0.3, 0.4) is 0 Å². The van der Waals surface area contributed by atoms with Crippen molar-refractivity contribution in [1.29, 1.82) is 0 Å². The van der Waals surface area contributed by atoms with Crippen LogP contribution in [-0.4, -0.2) is 25.4 Å². The van der Waals surface area contributed by atoms with Gasteiger partial charge in [0.15, 0.2) is 0 Å². The lowest BCUT2D eigenvalue weighted by molar-refractivity contribution is -0.131. The van der Waals surface area contributed by atoms with Crippen molar-refractivity contribution in [2.24, 2.45) is 0 Å². The predicted octanol–water partition coefficient (Wildman–Crippen LogP) is 0.988. The van der Waals surface area contributed by atoms with Crippen molar-refractivity contribution in [3.8, 4) is 0 Å². The molecule has 48 valence electrons. The zero-order valence-corrected chi connectivity index (χ0v) is 5.36. The highest BCUT2D eigenvalue weighted by molar-refractivity contribution is 6.18. The highest BCUT2D eigenvalue weighted by Crippen LogP contribution is 2.06. The molecule has 1 atom stereocenters. The molecule has 0 N–H and O–H groups in total.